The van der Waals surface area contributed by atoms with Gasteiger partial charge in [0.1, 0.15) is 11.3 Å². The summed E-state index contributed by atoms with van der Waals surface area (Å²) in [6, 6.07) is 11.6. The highest BCUT2D eigenvalue weighted by molar-refractivity contribution is 6.07. The number of hydrogen-bond donors (Lipinski definition) is 1. The minimum atomic E-state index is -1.23. The minimum absolute atomic E-state index is 0.0940. The SMILES string of the molecule is COc1ccc([C@@]2(C)NC(=O)N(/N=C\c3cccc(OC)c3OC(C)C)C2=O)cc1. The van der Waals surface area contributed by atoms with Crippen molar-refractivity contribution in [1.29, 1.82) is 0 Å². The number of carbonyl (C=O) groups excluding carboxylic acids is 2. The molecule has 0 aliphatic carbocycles. The number of para-hydroxylation sites is 1. The number of hydrazone groups is 1. The van der Waals surface area contributed by atoms with Crippen molar-refractivity contribution in [2.45, 2.75) is 32.4 Å². The van der Waals surface area contributed by atoms with Crippen LogP contribution in [0.3, 0.4) is 0 Å². The molecular weight excluding hydrogens is 386 g/mol. The molecule has 8 nitrogen and oxygen atoms in total. The summed E-state index contributed by atoms with van der Waals surface area (Å²) >= 11 is 0. The number of nitrogens with one attached hydrogen (secondary N) is 1. The Morgan fingerprint density at radius 1 is 1.07 bits per heavy atom. The fraction of sp³-hybridized carbons (Fsp3) is 0.318. The smallest absolute Gasteiger partial charge is 0.346 e. The zero-order valence-electron chi connectivity index (χ0n) is 17.6. The van der Waals surface area contributed by atoms with E-state index in [4.69, 9.17) is 14.2 Å². The molecule has 1 saturated heterocycles. The molecule has 30 heavy (non-hydrogen) atoms. The number of benzene rings is 2. The number of imide groups is 1. The third-order valence-corrected chi connectivity index (χ3v) is 4.73. The Kier molecular flexibility index (Phi) is 5.96. The van der Waals surface area contributed by atoms with Crippen LogP contribution in [-0.4, -0.2) is 43.5 Å². The second kappa shape index (κ2) is 8.44. The number of rotatable bonds is 7. The predicted molar refractivity (Wildman–Crippen MR) is 112 cm³/mol. The molecule has 2 aromatic carbocycles. The number of hydrogen-bond acceptors (Lipinski definition) is 6. The molecule has 1 atom stereocenters. The molecule has 0 radical (unpaired) electrons. The van der Waals surface area contributed by atoms with Crippen molar-refractivity contribution < 1.29 is 23.8 Å². The number of methoxy groups -OCH3 is 2. The summed E-state index contributed by atoms with van der Waals surface area (Å²) in [7, 11) is 3.10. The highest BCUT2D eigenvalue weighted by Gasteiger charge is 2.49. The summed E-state index contributed by atoms with van der Waals surface area (Å²) in [6.07, 6.45) is 1.32. The van der Waals surface area contributed by atoms with Crippen LogP contribution in [0, 0.1) is 0 Å². The van der Waals surface area contributed by atoms with Gasteiger partial charge in [-0.3, -0.25) is 4.79 Å². The molecule has 0 bridgehead atoms. The molecular formula is C22H25N3O5. The molecule has 158 valence electrons. The normalized spacial score (nSPS) is 18.8. The largest absolute Gasteiger partial charge is 0.497 e. The van der Waals surface area contributed by atoms with E-state index >= 15 is 0 Å². The molecule has 1 N–H and O–H groups in total. The van der Waals surface area contributed by atoms with Crippen LogP contribution in [0.1, 0.15) is 31.9 Å². The van der Waals surface area contributed by atoms with Crippen molar-refractivity contribution in [3.63, 3.8) is 0 Å². The van der Waals surface area contributed by atoms with Crippen LogP contribution >= 0.6 is 0 Å². The van der Waals surface area contributed by atoms with Gasteiger partial charge in [0.05, 0.1) is 26.5 Å². The van der Waals surface area contributed by atoms with Crippen molar-refractivity contribution in [1.82, 2.24) is 10.3 Å². The van der Waals surface area contributed by atoms with E-state index < -0.39 is 17.5 Å². The lowest BCUT2D eigenvalue weighted by atomic mass is 9.92. The molecule has 0 spiro atoms. The van der Waals surface area contributed by atoms with E-state index in [-0.39, 0.29) is 6.10 Å². The fourth-order valence-corrected chi connectivity index (χ4v) is 3.13. The second-order valence-electron chi connectivity index (χ2n) is 7.19. The number of carbonyl (C=O) groups is 2. The Hall–Kier alpha value is -3.55. The number of ether oxygens (including phenoxy) is 3. The molecule has 0 aromatic heterocycles. The van der Waals surface area contributed by atoms with Gasteiger partial charge in [-0.2, -0.15) is 5.10 Å². The van der Waals surface area contributed by atoms with Crippen LogP contribution in [0.5, 0.6) is 17.2 Å². The second-order valence-corrected chi connectivity index (χ2v) is 7.19. The third-order valence-electron chi connectivity index (χ3n) is 4.73. The first kappa shape index (κ1) is 21.2. The molecule has 0 saturated carbocycles. The summed E-state index contributed by atoms with van der Waals surface area (Å²) in [4.78, 5) is 25.5. The van der Waals surface area contributed by atoms with Crippen LogP contribution < -0.4 is 19.5 Å². The van der Waals surface area contributed by atoms with Crippen LogP contribution in [0.25, 0.3) is 0 Å². The van der Waals surface area contributed by atoms with Crippen LogP contribution in [0.4, 0.5) is 4.79 Å². The Balaban J connectivity index is 1.90. The van der Waals surface area contributed by atoms with Gasteiger partial charge >= 0.3 is 6.03 Å². The molecule has 1 fully saturated rings. The highest BCUT2D eigenvalue weighted by atomic mass is 16.5. The first-order chi connectivity index (χ1) is 14.3. The van der Waals surface area contributed by atoms with Gasteiger partial charge in [-0.1, -0.05) is 18.2 Å². The van der Waals surface area contributed by atoms with Gasteiger partial charge in [0, 0.05) is 5.56 Å². The Morgan fingerprint density at radius 3 is 2.37 bits per heavy atom. The van der Waals surface area contributed by atoms with Gasteiger partial charge in [-0.25, -0.2) is 4.79 Å². The topological polar surface area (TPSA) is 89.5 Å². The van der Waals surface area contributed by atoms with Crippen LogP contribution in [0.2, 0.25) is 0 Å². The highest BCUT2D eigenvalue weighted by Crippen LogP contribution is 2.32. The quantitative estimate of drug-likeness (QED) is 0.558. The van der Waals surface area contributed by atoms with E-state index in [1.807, 2.05) is 13.8 Å². The van der Waals surface area contributed by atoms with Crippen molar-refractivity contribution in [3.05, 3.63) is 53.6 Å². The average molecular weight is 411 g/mol. The molecule has 0 unspecified atom stereocenters. The standard InChI is InChI=1S/C22H25N3O5/c1-14(2)30-19-15(7-6-8-18(19)29-5)13-23-25-20(26)22(3,24-21(25)27)16-9-11-17(28-4)12-10-16/h6-14H,1-5H3,(H,24,27)/b23-13-/t22-/m1/s1. The van der Waals surface area contributed by atoms with Gasteiger partial charge in [-0.15, -0.1) is 5.01 Å². The monoisotopic (exact) mass is 411 g/mol. The van der Waals surface area contributed by atoms with E-state index in [0.717, 1.165) is 5.01 Å². The summed E-state index contributed by atoms with van der Waals surface area (Å²) < 4.78 is 16.3. The first-order valence-corrected chi connectivity index (χ1v) is 9.49. The fourth-order valence-electron chi connectivity index (χ4n) is 3.13. The molecule has 1 heterocycles. The minimum Gasteiger partial charge on any atom is -0.497 e. The predicted octanol–water partition coefficient (Wildman–Crippen LogP) is 3.29. The lowest BCUT2D eigenvalue weighted by molar-refractivity contribution is -0.131. The third kappa shape index (κ3) is 3.94. The maximum absolute atomic E-state index is 13.0. The van der Waals surface area contributed by atoms with E-state index in [2.05, 4.69) is 10.4 Å². The van der Waals surface area contributed by atoms with Crippen LogP contribution in [-0.2, 0) is 10.3 Å². The zero-order chi connectivity index (χ0) is 21.9. The van der Waals surface area contributed by atoms with Crippen LogP contribution in [0.15, 0.2) is 47.6 Å². The molecule has 3 rings (SSSR count). The lowest BCUT2D eigenvalue weighted by Crippen LogP contribution is -2.40. The van der Waals surface area contributed by atoms with Gasteiger partial charge in [-0.05, 0) is 50.6 Å². The van der Waals surface area contributed by atoms with E-state index in [1.165, 1.54) is 6.21 Å². The maximum Gasteiger partial charge on any atom is 0.346 e. The van der Waals surface area contributed by atoms with Crippen molar-refractivity contribution in [3.8, 4) is 17.2 Å². The summed E-state index contributed by atoms with van der Waals surface area (Å²) in [5, 5.41) is 7.68. The van der Waals surface area contributed by atoms with E-state index in [1.54, 1.807) is 63.6 Å². The maximum atomic E-state index is 13.0. The molecule has 8 heteroatoms. The number of urea groups is 1. The van der Waals surface area contributed by atoms with Gasteiger partial charge < -0.3 is 19.5 Å². The Bertz CT molecular complexity index is 971. The van der Waals surface area contributed by atoms with Gasteiger partial charge in [0.15, 0.2) is 11.5 Å². The number of nitrogens with zero attached hydrogens (tertiary/aromatic N) is 2. The first-order valence-electron chi connectivity index (χ1n) is 9.49. The summed E-state index contributed by atoms with van der Waals surface area (Å²) in [5.41, 5.74) is -0.0157. The Morgan fingerprint density at radius 2 is 1.77 bits per heavy atom. The van der Waals surface area contributed by atoms with E-state index in [9.17, 15) is 9.59 Å². The summed E-state index contributed by atoms with van der Waals surface area (Å²) in [5.74, 6) is 1.20. The number of amides is 3. The zero-order valence-corrected chi connectivity index (χ0v) is 17.6. The van der Waals surface area contributed by atoms with Gasteiger partial charge in [0.25, 0.3) is 5.91 Å². The average Bonchev–Trinajstić information content (AvgIpc) is 2.96. The van der Waals surface area contributed by atoms with Crippen molar-refractivity contribution in [2.75, 3.05) is 14.2 Å². The molecule has 1 aliphatic heterocycles. The van der Waals surface area contributed by atoms with Crippen molar-refractivity contribution >= 4 is 18.2 Å². The Labute approximate surface area is 175 Å². The molecule has 3 amide bonds. The van der Waals surface area contributed by atoms with E-state index in [0.29, 0.717) is 28.4 Å². The summed E-state index contributed by atoms with van der Waals surface area (Å²) in [6.45, 7) is 5.43. The molecule has 1 aliphatic rings. The molecule has 2 aromatic rings. The van der Waals surface area contributed by atoms with Gasteiger partial charge in [0.2, 0.25) is 0 Å². The lowest BCUT2D eigenvalue weighted by Gasteiger charge is -2.21. The van der Waals surface area contributed by atoms with Crippen molar-refractivity contribution in [2.24, 2.45) is 5.10 Å².